The predicted molar refractivity (Wildman–Crippen MR) is 169 cm³/mol. The molecule has 0 saturated carbocycles. The first-order valence-corrected chi connectivity index (χ1v) is 12.9. The van der Waals surface area contributed by atoms with Crippen molar-refractivity contribution < 1.29 is 0 Å². The molecule has 0 fully saturated rings. The van der Waals surface area contributed by atoms with E-state index in [4.69, 9.17) is 0 Å². The molecule has 1 aromatic heterocycles. The molecule has 1 heteroatoms. The summed E-state index contributed by atoms with van der Waals surface area (Å²) in [6.07, 6.45) is 17.7. The Labute approximate surface area is 226 Å². The quantitative estimate of drug-likeness (QED) is 0.206. The molecule has 0 aliphatic carbocycles. The van der Waals surface area contributed by atoms with Crippen LogP contribution in [0.1, 0.15) is 44.4 Å². The maximum atomic E-state index is 2.24. The Morgan fingerprint density at radius 3 is 1.16 bits per heavy atom. The van der Waals surface area contributed by atoms with E-state index in [0.717, 1.165) is 0 Å². The van der Waals surface area contributed by atoms with Crippen molar-refractivity contribution in [2.45, 2.75) is 0 Å². The summed E-state index contributed by atoms with van der Waals surface area (Å²) in [6.45, 7) is 2.22. The van der Waals surface area contributed by atoms with Crippen LogP contribution in [0.15, 0.2) is 127 Å². The van der Waals surface area contributed by atoms with Gasteiger partial charge in [-0.2, -0.15) is 0 Å². The van der Waals surface area contributed by atoms with Crippen LogP contribution in [-0.4, -0.2) is 6.91 Å². The van der Waals surface area contributed by atoms with E-state index in [1.165, 1.54) is 44.4 Å². The zero-order chi connectivity index (χ0) is 25.8. The van der Waals surface area contributed by atoms with Crippen molar-refractivity contribution in [2.24, 2.45) is 0 Å². The van der Waals surface area contributed by atoms with Crippen molar-refractivity contribution in [3.05, 3.63) is 172 Å². The molecule has 0 spiro atoms. The summed E-state index contributed by atoms with van der Waals surface area (Å²) in [7, 11) is 0. The molecule has 5 aromatic rings. The Kier molecular flexibility index (Phi) is 8.52. The van der Waals surface area contributed by atoms with Crippen LogP contribution < -0.4 is 0 Å². The van der Waals surface area contributed by atoms with Gasteiger partial charge in [0, 0.05) is 0 Å². The minimum absolute atomic E-state index is 1.17. The molecule has 4 aromatic carbocycles. The van der Waals surface area contributed by atoms with Crippen LogP contribution in [-0.2, 0) is 0 Å². The summed E-state index contributed by atoms with van der Waals surface area (Å²) in [4.78, 5) is 0. The number of hydrogen-bond donors (Lipinski definition) is 0. The first-order valence-electron chi connectivity index (χ1n) is 12.9. The van der Waals surface area contributed by atoms with Gasteiger partial charge in [0.05, 0.1) is 0 Å². The van der Waals surface area contributed by atoms with Gasteiger partial charge in [-0.1, -0.05) is 0 Å². The molecule has 0 amide bonds. The summed E-state index contributed by atoms with van der Waals surface area (Å²) in [6, 6.07) is 41.8. The van der Waals surface area contributed by atoms with Gasteiger partial charge in [0.25, 0.3) is 0 Å². The molecule has 38 heavy (non-hydrogen) atoms. The van der Waals surface area contributed by atoms with Gasteiger partial charge < -0.3 is 0 Å². The molecule has 0 N–H and O–H groups in total. The predicted octanol–water partition coefficient (Wildman–Crippen LogP) is 9.71. The average molecular weight is 484 g/mol. The van der Waals surface area contributed by atoms with Crippen LogP contribution in [0.25, 0.3) is 48.6 Å². The van der Waals surface area contributed by atoms with E-state index in [9.17, 15) is 0 Å². The Morgan fingerprint density at radius 1 is 0.342 bits per heavy atom. The second-order valence-corrected chi connectivity index (χ2v) is 9.05. The third kappa shape index (κ3) is 6.93. The van der Waals surface area contributed by atoms with E-state index in [-0.39, 0.29) is 0 Å². The fourth-order valence-electron chi connectivity index (χ4n) is 4.32. The van der Waals surface area contributed by atoms with Gasteiger partial charge in [0.15, 0.2) is 0 Å². The van der Waals surface area contributed by atoms with Crippen molar-refractivity contribution >= 4 is 55.5 Å². The summed E-state index contributed by atoms with van der Waals surface area (Å²) >= 11 is 0. The van der Waals surface area contributed by atoms with E-state index < -0.39 is 0 Å². The molecule has 0 saturated heterocycles. The Bertz CT molecular complexity index is 1440. The molecule has 0 aliphatic rings. The normalized spacial score (nSPS) is 11.7. The molecule has 0 bridgehead atoms. The fourth-order valence-corrected chi connectivity index (χ4v) is 4.32. The maximum absolute atomic E-state index is 2.24. The van der Waals surface area contributed by atoms with Gasteiger partial charge in [-0.05, 0) is 0 Å². The van der Waals surface area contributed by atoms with E-state index in [2.05, 4.69) is 159 Å². The number of rotatable bonds is 8. The zero-order valence-corrected chi connectivity index (χ0v) is 21.3. The van der Waals surface area contributed by atoms with Crippen molar-refractivity contribution in [2.75, 3.05) is 0 Å². The van der Waals surface area contributed by atoms with Gasteiger partial charge >= 0.3 is 227 Å². The van der Waals surface area contributed by atoms with Gasteiger partial charge in [-0.25, -0.2) is 0 Å². The molecular weight excluding hydrogens is 455 g/mol. The molecule has 0 nitrogen and oxygen atoms in total. The minimum atomic E-state index is 1.17. The van der Waals surface area contributed by atoms with Gasteiger partial charge in [0.2, 0.25) is 0 Å². The fraction of sp³-hybridized carbons (Fsp3) is 0. The first-order chi connectivity index (χ1) is 18.8. The molecule has 0 unspecified atom stereocenters. The van der Waals surface area contributed by atoms with Crippen molar-refractivity contribution in [1.29, 1.82) is 0 Å². The molecule has 0 atom stereocenters. The average Bonchev–Trinajstić information content (AvgIpc) is 2.99. The van der Waals surface area contributed by atoms with Crippen LogP contribution in [0.4, 0.5) is 0 Å². The van der Waals surface area contributed by atoms with E-state index in [1.807, 2.05) is 24.3 Å². The summed E-state index contributed by atoms with van der Waals surface area (Å²) in [5.74, 6) is 2.22. The van der Waals surface area contributed by atoms with E-state index >= 15 is 0 Å². The summed E-state index contributed by atoms with van der Waals surface area (Å²) in [5, 5.41) is 0. The van der Waals surface area contributed by atoms with Gasteiger partial charge in [0.1, 0.15) is 0 Å². The van der Waals surface area contributed by atoms with E-state index in [0.29, 0.717) is 0 Å². The summed E-state index contributed by atoms with van der Waals surface area (Å²) in [5.41, 5.74) is 9.42. The standard InChI is InChI=1S/C37H29B/c1-5-13-30(14-6-1)21-25-34-29-38-37(28-24-33-19-11-4-12-20-33)36(27-23-32-17-9-3-10-18-32)35(34)26-22-31-15-7-2-8-16-31/h1-29H/b25-21+,26-22+,27-23+,28-24+. The monoisotopic (exact) mass is 484 g/mol. The van der Waals surface area contributed by atoms with Gasteiger partial charge in [-0.15, -0.1) is 0 Å². The molecule has 0 radical (unpaired) electrons. The Balaban J connectivity index is 1.64. The molecular formula is C37H29B. The number of hydrogen-bond acceptors (Lipinski definition) is 0. The van der Waals surface area contributed by atoms with E-state index in [1.54, 1.807) is 0 Å². The molecule has 0 aliphatic heterocycles. The van der Waals surface area contributed by atoms with Crippen molar-refractivity contribution in [1.82, 2.24) is 0 Å². The zero-order valence-electron chi connectivity index (χ0n) is 21.3. The SMILES string of the molecule is b1cc(/C=C/c2ccccc2)c(/C=C/c2ccccc2)c(/C=C/c2ccccc2)c1/C=C/c1ccccc1. The molecule has 1 heterocycles. The third-order valence-corrected chi connectivity index (χ3v) is 6.35. The van der Waals surface area contributed by atoms with Crippen LogP contribution in [0, 0.1) is 0 Å². The topological polar surface area (TPSA) is 0 Å². The summed E-state index contributed by atoms with van der Waals surface area (Å²) < 4.78 is 0. The third-order valence-electron chi connectivity index (χ3n) is 6.35. The molecule has 5 rings (SSSR count). The number of benzene rings is 4. The Morgan fingerprint density at radius 2 is 0.711 bits per heavy atom. The van der Waals surface area contributed by atoms with Crippen LogP contribution >= 0.6 is 0 Å². The van der Waals surface area contributed by atoms with Crippen LogP contribution in [0.3, 0.4) is 0 Å². The van der Waals surface area contributed by atoms with Gasteiger partial charge in [-0.3, -0.25) is 0 Å². The second-order valence-electron chi connectivity index (χ2n) is 9.05. The molecule has 180 valence electrons. The van der Waals surface area contributed by atoms with Crippen LogP contribution in [0.5, 0.6) is 0 Å². The van der Waals surface area contributed by atoms with Crippen molar-refractivity contribution in [3.8, 4) is 0 Å². The second kappa shape index (κ2) is 13.0. The van der Waals surface area contributed by atoms with Crippen molar-refractivity contribution in [3.63, 3.8) is 0 Å². The van der Waals surface area contributed by atoms with Crippen LogP contribution in [0.2, 0.25) is 0 Å². The first kappa shape index (κ1) is 24.9. The Hall–Kier alpha value is -4.75.